The quantitative estimate of drug-likeness (QED) is 0.852. The SMILES string of the molecule is CCC(C#N)NC(=O)C=Cc1ccc(C(C)(C)C)cc1. The van der Waals surface area contributed by atoms with Crippen molar-refractivity contribution in [3.8, 4) is 6.07 Å². The molecule has 1 unspecified atom stereocenters. The van der Waals surface area contributed by atoms with E-state index in [4.69, 9.17) is 5.26 Å². The number of rotatable bonds is 4. The van der Waals surface area contributed by atoms with E-state index in [1.165, 1.54) is 11.6 Å². The van der Waals surface area contributed by atoms with Crippen LogP contribution in [-0.2, 0) is 10.2 Å². The lowest BCUT2D eigenvalue weighted by Crippen LogP contribution is -2.31. The Balaban J connectivity index is 2.67. The molecule has 0 fully saturated rings. The highest BCUT2D eigenvalue weighted by Gasteiger charge is 2.12. The van der Waals surface area contributed by atoms with Gasteiger partial charge in [-0.1, -0.05) is 52.0 Å². The van der Waals surface area contributed by atoms with E-state index in [-0.39, 0.29) is 11.3 Å². The van der Waals surface area contributed by atoms with Crippen LogP contribution < -0.4 is 5.32 Å². The predicted octanol–water partition coefficient (Wildman–Crippen LogP) is 3.42. The third-order valence-corrected chi connectivity index (χ3v) is 3.08. The Hall–Kier alpha value is -2.08. The van der Waals surface area contributed by atoms with Crippen LogP contribution in [0.1, 0.15) is 45.2 Å². The molecule has 0 aliphatic carbocycles. The molecule has 0 aliphatic heterocycles. The van der Waals surface area contributed by atoms with Gasteiger partial charge in [-0.15, -0.1) is 0 Å². The van der Waals surface area contributed by atoms with Crippen molar-refractivity contribution >= 4 is 12.0 Å². The molecule has 0 aliphatic rings. The fourth-order valence-corrected chi connectivity index (χ4v) is 1.71. The fourth-order valence-electron chi connectivity index (χ4n) is 1.71. The lowest BCUT2D eigenvalue weighted by atomic mass is 9.87. The summed E-state index contributed by atoms with van der Waals surface area (Å²) in [7, 11) is 0. The first kappa shape index (κ1) is 16.0. The van der Waals surface area contributed by atoms with E-state index >= 15 is 0 Å². The molecule has 0 spiro atoms. The maximum atomic E-state index is 11.6. The van der Waals surface area contributed by atoms with Crippen LogP contribution in [0.25, 0.3) is 6.08 Å². The van der Waals surface area contributed by atoms with Crippen LogP contribution >= 0.6 is 0 Å². The number of carbonyl (C=O) groups excluding carboxylic acids is 1. The van der Waals surface area contributed by atoms with Gasteiger partial charge >= 0.3 is 0 Å². The molecule has 0 saturated carbocycles. The molecule has 3 heteroatoms. The second kappa shape index (κ2) is 6.91. The fraction of sp³-hybridized carbons (Fsp3) is 0.412. The molecule has 106 valence electrons. The molecule has 0 bridgehead atoms. The molecule has 1 aromatic rings. The van der Waals surface area contributed by atoms with Gasteiger partial charge in [0.2, 0.25) is 5.91 Å². The summed E-state index contributed by atoms with van der Waals surface area (Å²) in [6.45, 7) is 8.36. The van der Waals surface area contributed by atoms with Crippen LogP contribution in [-0.4, -0.2) is 11.9 Å². The highest BCUT2D eigenvalue weighted by atomic mass is 16.1. The molecule has 20 heavy (non-hydrogen) atoms. The van der Waals surface area contributed by atoms with Crippen molar-refractivity contribution in [2.24, 2.45) is 0 Å². The van der Waals surface area contributed by atoms with Crippen molar-refractivity contribution in [1.29, 1.82) is 5.26 Å². The van der Waals surface area contributed by atoms with Crippen molar-refractivity contribution in [3.05, 3.63) is 41.5 Å². The van der Waals surface area contributed by atoms with E-state index in [2.05, 4.69) is 38.2 Å². The standard InChI is InChI=1S/C17H22N2O/c1-5-15(12-18)19-16(20)11-8-13-6-9-14(10-7-13)17(2,3)4/h6-11,15H,5H2,1-4H3,(H,19,20). The summed E-state index contributed by atoms with van der Waals surface area (Å²) >= 11 is 0. The van der Waals surface area contributed by atoms with E-state index in [9.17, 15) is 4.79 Å². The van der Waals surface area contributed by atoms with Crippen molar-refractivity contribution in [2.75, 3.05) is 0 Å². The minimum Gasteiger partial charge on any atom is -0.337 e. The average molecular weight is 270 g/mol. The third-order valence-electron chi connectivity index (χ3n) is 3.08. The van der Waals surface area contributed by atoms with E-state index < -0.39 is 6.04 Å². The summed E-state index contributed by atoms with van der Waals surface area (Å²) in [5.41, 5.74) is 2.36. The van der Waals surface area contributed by atoms with Gasteiger partial charge in [0.15, 0.2) is 0 Å². The first-order chi connectivity index (χ1) is 9.36. The molecule has 1 rings (SSSR count). The molecular formula is C17H22N2O. The van der Waals surface area contributed by atoms with E-state index in [0.717, 1.165) is 5.56 Å². The first-order valence-corrected chi connectivity index (χ1v) is 6.85. The lowest BCUT2D eigenvalue weighted by molar-refractivity contribution is -0.116. The Morgan fingerprint density at radius 3 is 2.40 bits per heavy atom. The van der Waals surface area contributed by atoms with E-state index in [1.54, 1.807) is 6.08 Å². The molecule has 1 atom stereocenters. The van der Waals surface area contributed by atoms with Gasteiger partial charge < -0.3 is 5.32 Å². The van der Waals surface area contributed by atoms with Crippen molar-refractivity contribution < 1.29 is 4.79 Å². The number of amides is 1. The zero-order chi connectivity index (χ0) is 15.2. The van der Waals surface area contributed by atoms with Gasteiger partial charge in [0.05, 0.1) is 6.07 Å². The van der Waals surface area contributed by atoms with E-state index in [0.29, 0.717) is 6.42 Å². The molecule has 0 heterocycles. The number of carbonyl (C=O) groups is 1. The Morgan fingerprint density at radius 1 is 1.35 bits per heavy atom. The van der Waals surface area contributed by atoms with Gasteiger partial charge in [0.25, 0.3) is 0 Å². The normalized spacial score (nSPS) is 12.9. The molecule has 1 N–H and O–H groups in total. The number of nitriles is 1. The number of hydrogen-bond donors (Lipinski definition) is 1. The smallest absolute Gasteiger partial charge is 0.245 e. The van der Waals surface area contributed by atoms with Gasteiger partial charge in [0.1, 0.15) is 6.04 Å². The van der Waals surface area contributed by atoms with Crippen molar-refractivity contribution in [1.82, 2.24) is 5.32 Å². The summed E-state index contributed by atoms with van der Waals surface area (Å²) in [6, 6.07) is 9.74. The van der Waals surface area contributed by atoms with E-state index in [1.807, 2.05) is 25.1 Å². The Labute approximate surface area is 121 Å². The summed E-state index contributed by atoms with van der Waals surface area (Å²) in [6.07, 6.45) is 3.83. The predicted molar refractivity (Wildman–Crippen MR) is 82.0 cm³/mol. The Bertz CT molecular complexity index is 515. The second-order valence-electron chi connectivity index (χ2n) is 5.80. The van der Waals surface area contributed by atoms with Crippen molar-refractivity contribution in [2.45, 2.75) is 45.6 Å². The first-order valence-electron chi connectivity index (χ1n) is 6.85. The molecule has 0 saturated heterocycles. The second-order valence-corrected chi connectivity index (χ2v) is 5.80. The molecule has 0 radical (unpaired) electrons. The highest BCUT2D eigenvalue weighted by molar-refractivity contribution is 5.92. The van der Waals surface area contributed by atoms with Crippen LogP contribution in [0.2, 0.25) is 0 Å². The Morgan fingerprint density at radius 2 is 1.95 bits per heavy atom. The summed E-state index contributed by atoms with van der Waals surface area (Å²) in [4.78, 5) is 11.6. The van der Waals surface area contributed by atoms with Crippen LogP contribution in [0.4, 0.5) is 0 Å². The molecule has 3 nitrogen and oxygen atoms in total. The molecule has 1 aromatic carbocycles. The molecule has 1 amide bonds. The van der Waals surface area contributed by atoms with Crippen LogP contribution in [0.3, 0.4) is 0 Å². The zero-order valence-corrected chi connectivity index (χ0v) is 12.6. The number of nitrogens with zero attached hydrogens (tertiary/aromatic N) is 1. The minimum atomic E-state index is -0.421. The largest absolute Gasteiger partial charge is 0.337 e. The van der Waals surface area contributed by atoms with Gasteiger partial charge in [-0.2, -0.15) is 5.26 Å². The number of nitrogens with one attached hydrogen (secondary N) is 1. The third kappa shape index (κ3) is 4.89. The summed E-state index contributed by atoms with van der Waals surface area (Å²) in [5, 5.41) is 11.4. The maximum Gasteiger partial charge on any atom is 0.245 e. The molecule has 0 aromatic heterocycles. The maximum absolute atomic E-state index is 11.6. The van der Waals surface area contributed by atoms with Gasteiger partial charge in [-0.05, 0) is 29.0 Å². The lowest BCUT2D eigenvalue weighted by Gasteiger charge is -2.18. The Kier molecular flexibility index (Phi) is 5.52. The number of hydrogen-bond acceptors (Lipinski definition) is 2. The van der Waals surface area contributed by atoms with Crippen molar-refractivity contribution in [3.63, 3.8) is 0 Å². The summed E-state index contributed by atoms with van der Waals surface area (Å²) in [5.74, 6) is -0.238. The van der Waals surface area contributed by atoms with Crippen LogP contribution in [0.5, 0.6) is 0 Å². The topological polar surface area (TPSA) is 52.9 Å². The molecular weight excluding hydrogens is 248 g/mol. The van der Waals surface area contributed by atoms with Crippen LogP contribution in [0.15, 0.2) is 30.3 Å². The highest BCUT2D eigenvalue weighted by Crippen LogP contribution is 2.22. The van der Waals surface area contributed by atoms with Crippen LogP contribution in [0, 0.1) is 11.3 Å². The number of benzene rings is 1. The zero-order valence-electron chi connectivity index (χ0n) is 12.6. The van der Waals surface area contributed by atoms with Gasteiger partial charge in [-0.25, -0.2) is 0 Å². The monoisotopic (exact) mass is 270 g/mol. The summed E-state index contributed by atoms with van der Waals surface area (Å²) < 4.78 is 0. The van der Waals surface area contributed by atoms with Gasteiger partial charge in [0, 0.05) is 6.08 Å². The van der Waals surface area contributed by atoms with Gasteiger partial charge in [-0.3, -0.25) is 4.79 Å². The average Bonchev–Trinajstić information content (AvgIpc) is 2.42. The minimum absolute atomic E-state index is 0.126.